The Balaban J connectivity index is 0.00000243. The van der Waals surface area contributed by atoms with Gasteiger partial charge < -0.3 is 43.4 Å². The van der Waals surface area contributed by atoms with Gasteiger partial charge in [0.25, 0.3) is 0 Å². The third-order valence-electron chi connectivity index (χ3n) is 6.63. The molecule has 5 atom stereocenters. The summed E-state index contributed by atoms with van der Waals surface area (Å²) in [7, 11) is 2.35. The fraction of sp³-hybridized carbons (Fsp3) is 0.650. The first kappa shape index (κ1) is 21.4. The maximum Gasteiger partial charge on any atom is 0.316 e. The minimum atomic E-state index is -0.689. The summed E-state index contributed by atoms with van der Waals surface area (Å²) in [5.41, 5.74) is 0.673. The molecule has 0 aromatic heterocycles. The molecule has 2 saturated heterocycles. The summed E-state index contributed by atoms with van der Waals surface area (Å²) in [5.74, 6) is -0.909. The van der Waals surface area contributed by atoms with E-state index in [9.17, 15) is 15.0 Å². The van der Waals surface area contributed by atoms with Crippen molar-refractivity contribution in [1.82, 2.24) is 0 Å². The second-order valence-electron chi connectivity index (χ2n) is 8.06. The zero-order valence-electron chi connectivity index (χ0n) is 15.8. The molecule has 0 aliphatic carbocycles. The Labute approximate surface area is 173 Å². The lowest BCUT2D eigenvalue weighted by molar-refractivity contribution is -0.968. The van der Waals surface area contributed by atoms with Crippen LogP contribution in [-0.2, 0) is 9.53 Å². The van der Waals surface area contributed by atoms with Crippen molar-refractivity contribution in [2.45, 2.75) is 69.7 Å². The van der Waals surface area contributed by atoms with Crippen molar-refractivity contribution in [2.24, 2.45) is 0 Å². The molecule has 2 bridgehead atoms. The molecule has 2 aliphatic rings. The van der Waals surface area contributed by atoms with E-state index in [0.29, 0.717) is 23.7 Å². The lowest BCUT2D eigenvalue weighted by Gasteiger charge is -2.49. The molecule has 2 aliphatic heterocycles. The maximum absolute atomic E-state index is 12.6. The molecule has 26 heavy (non-hydrogen) atoms. The van der Waals surface area contributed by atoms with Gasteiger partial charge in [-0.25, -0.2) is 0 Å². The number of benzene rings is 1. The number of ether oxygens (including phenoxy) is 1. The SMILES string of the molecule is CC(C)[N+]1(C)[C@@H]2CC[C@H]1CC(OC(=O)C(CO)c1ccc(O)cc1)C2.[I-]. The lowest BCUT2D eigenvalue weighted by atomic mass is 9.94. The number of hydrogen-bond donors (Lipinski definition) is 2. The molecule has 146 valence electrons. The fourth-order valence-electron chi connectivity index (χ4n) is 4.84. The lowest BCUT2D eigenvalue weighted by Crippen LogP contribution is -3.00. The number of aliphatic hydroxyl groups excluding tert-OH is 1. The Hall–Kier alpha value is -0.860. The molecular formula is C20H30INO4. The molecule has 0 saturated carbocycles. The van der Waals surface area contributed by atoms with Gasteiger partial charge in [-0.05, 0) is 31.5 Å². The Bertz CT molecular complexity index is 605. The van der Waals surface area contributed by atoms with Crippen molar-refractivity contribution < 1.29 is 48.2 Å². The smallest absolute Gasteiger partial charge is 0.316 e. The quantitative estimate of drug-likeness (QED) is 0.345. The number of fused-ring (bicyclic) bond motifs is 2. The van der Waals surface area contributed by atoms with Gasteiger partial charge in [0.1, 0.15) is 17.8 Å². The zero-order chi connectivity index (χ0) is 18.2. The van der Waals surface area contributed by atoms with E-state index in [1.54, 1.807) is 12.1 Å². The van der Waals surface area contributed by atoms with E-state index in [1.165, 1.54) is 25.0 Å². The molecule has 2 N–H and O–H groups in total. The number of aliphatic hydroxyl groups is 1. The highest BCUT2D eigenvalue weighted by molar-refractivity contribution is 5.78. The van der Waals surface area contributed by atoms with Gasteiger partial charge in [0.05, 0.1) is 31.8 Å². The standard InChI is InChI=1S/C20H29NO4.HI/c1-13(2)21(3)15-6-7-16(21)11-18(10-15)25-20(24)19(12-22)14-4-8-17(23)9-5-14;/h4-5,8-9,13,15-16,18-19,22H,6-7,10-12H2,1-3H3;1H/t15-,16+,18?,19?,21?;. The first-order chi connectivity index (χ1) is 11.9. The highest BCUT2D eigenvalue weighted by Crippen LogP contribution is 2.44. The summed E-state index contributed by atoms with van der Waals surface area (Å²) in [6.07, 6.45) is 4.17. The zero-order valence-corrected chi connectivity index (χ0v) is 17.9. The Morgan fingerprint density at radius 1 is 1.19 bits per heavy atom. The molecule has 6 heteroatoms. The Morgan fingerprint density at radius 3 is 2.19 bits per heavy atom. The number of hydrogen-bond acceptors (Lipinski definition) is 4. The maximum atomic E-state index is 12.6. The van der Waals surface area contributed by atoms with E-state index >= 15 is 0 Å². The summed E-state index contributed by atoms with van der Waals surface area (Å²) < 4.78 is 6.90. The van der Waals surface area contributed by atoms with Crippen molar-refractivity contribution in [3.05, 3.63) is 29.8 Å². The monoisotopic (exact) mass is 475 g/mol. The van der Waals surface area contributed by atoms with Crippen molar-refractivity contribution in [3.8, 4) is 5.75 Å². The summed E-state index contributed by atoms with van der Waals surface area (Å²) in [6.45, 7) is 4.28. The molecule has 3 unspecified atom stereocenters. The van der Waals surface area contributed by atoms with Crippen LogP contribution in [0.2, 0.25) is 0 Å². The van der Waals surface area contributed by atoms with E-state index in [-0.39, 0.29) is 48.4 Å². The Kier molecular flexibility index (Phi) is 6.96. The highest BCUT2D eigenvalue weighted by atomic mass is 127. The average Bonchev–Trinajstić information content (AvgIpc) is 2.75. The summed E-state index contributed by atoms with van der Waals surface area (Å²) in [6, 6.07) is 8.06. The first-order valence-corrected chi connectivity index (χ1v) is 9.32. The third kappa shape index (κ3) is 3.87. The third-order valence-corrected chi connectivity index (χ3v) is 6.63. The fourth-order valence-corrected chi connectivity index (χ4v) is 4.84. The van der Waals surface area contributed by atoms with Gasteiger partial charge >= 0.3 is 5.97 Å². The van der Waals surface area contributed by atoms with Crippen LogP contribution in [0.25, 0.3) is 0 Å². The van der Waals surface area contributed by atoms with Crippen LogP contribution >= 0.6 is 0 Å². The average molecular weight is 475 g/mol. The molecule has 3 rings (SSSR count). The number of carbonyl (C=O) groups excluding carboxylic acids is 1. The number of piperidine rings is 1. The molecule has 1 aromatic rings. The largest absolute Gasteiger partial charge is 1.00 e. The number of carbonyl (C=O) groups is 1. The summed E-state index contributed by atoms with van der Waals surface area (Å²) in [5, 5.41) is 19.0. The minimum absolute atomic E-state index is 0. The van der Waals surface area contributed by atoms with E-state index in [4.69, 9.17) is 4.74 Å². The molecular weight excluding hydrogens is 445 g/mol. The number of aromatic hydroxyl groups is 1. The molecule has 0 radical (unpaired) electrons. The predicted octanol–water partition coefficient (Wildman–Crippen LogP) is -0.436. The molecule has 5 nitrogen and oxygen atoms in total. The van der Waals surface area contributed by atoms with Gasteiger partial charge in [0, 0.05) is 25.7 Å². The number of esters is 1. The topological polar surface area (TPSA) is 66.8 Å². The van der Waals surface area contributed by atoms with E-state index < -0.39 is 5.92 Å². The molecule has 1 aromatic carbocycles. The van der Waals surface area contributed by atoms with Gasteiger partial charge in [0.15, 0.2) is 0 Å². The molecule has 2 heterocycles. The first-order valence-electron chi connectivity index (χ1n) is 9.32. The van der Waals surface area contributed by atoms with Crippen LogP contribution in [0, 0.1) is 0 Å². The molecule has 2 fully saturated rings. The van der Waals surface area contributed by atoms with E-state index in [1.807, 2.05) is 0 Å². The van der Waals surface area contributed by atoms with Crippen molar-refractivity contribution in [1.29, 1.82) is 0 Å². The second-order valence-corrected chi connectivity index (χ2v) is 8.06. The summed E-state index contributed by atoms with van der Waals surface area (Å²) >= 11 is 0. The molecule has 0 amide bonds. The number of phenolic OH excluding ortho intramolecular Hbond substituents is 1. The van der Waals surface area contributed by atoms with Crippen LogP contribution in [0.4, 0.5) is 0 Å². The van der Waals surface area contributed by atoms with Crippen LogP contribution in [0.1, 0.15) is 51.0 Å². The van der Waals surface area contributed by atoms with Crippen molar-refractivity contribution in [2.75, 3.05) is 13.7 Å². The highest BCUT2D eigenvalue weighted by Gasteiger charge is 2.53. The van der Waals surface area contributed by atoms with E-state index in [0.717, 1.165) is 17.3 Å². The minimum Gasteiger partial charge on any atom is -1.00 e. The van der Waals surface area contributed by atoms with Gasteiger partial charge in [0.2, 0.25) is 0 Å². The van der Waals surface area contributed by atoms with Gasteiger partial charge in [-0.15, -0.1) is 0 Å². The van der Waals surface area contributed by atoms with Crippen molar-refractivity contribution >= 4 is 5.97 Å². The Morgan fingerprint density at radius 2 is 1.73 bits per heavy atom. The van der Waals surface area contributed by atoms with Gasteiger partial charge in [-0.3, -0.25) is 4.79 Å². The number of rotatable bonds is 5. The second kappa shape index (κ2) is 8.44. The van der Waals surface area contributed by atoms with E-state index in [2.05, 4.69) is 20.9 Å². The van der Waals surface area contributed by atoms with Gasteiger partial charge in [-0.2, -0.15) is 0 Å². The van der Waals surface area contributed by atoms with Gasteiger partial charge in [-0.1, -0.05) is 12.1 Å². The number of halogens is 1. The van der Waals surface area contributed by atoms with Crippen LogP contribution < -0.4 is 24.0 Å². The normalized spacial score (nSPS) is 31.3. The van der Waals surface area contributed by atoms with Crippen LogP contribution in [0.5, 0.6) is 5.75 Å². The number of phenols is 1. The summed E-state index contributed by atoms with van der Waals surface area (Å²) in [4.78, 5) is 12.6. The molecule has 0 spiro atoms. The van der Waals surface area contributed by atoms with Crippen LogP contribution in [0.3, 0.4) is 0 Å². The predicted molar refractivity (Wildman–Crippen MR) is 95.2 cm³/mol. The number of nitrogens with zero attached hydrogens (tertiary/aromatic N) is 1. The van der Waals surface area contributed by atoms with Crippen molar-refractivity contribution in [3.63, 3.8) is 0 Å². The number of quaternary nitrogens is 1. The van der Waals surface area contributed by atoms with Crippen LogP contribution in [-0.4, -0.2) is 58.5 Å². The van der Waals surface area contributed by atoms with Crippen LogP contribution in [0.15, 0.2) is 24.3 Å².